The topological polar surface area (TPSA) is 35.2 Å². The lowest BCUT2D eigenvalue weighted by molar-refractivity contribution is -0.0199. The molecule has 1 fully saturated rings. The van der Waals surface area contributed by atoms with Gasteiger partial charge in [-0.3, -0.25) is 0 Å². The Morgan fingerprint density at radius 2 is 2.00 bits per heavy atom. The van der Waals surface area contributed by atoms with Gasteiger partial charge in [0.1, 0.15) is 0 Å². The Kier molecular flexibility index (Phi) is 4.39. The molecule has 0 aromatic heterocycles. The maximum absolute atomic E-state index is 5.84. The average molecular weight is 199 g/mol. The molecule has 0 aromatic rings. The third-order valence-corrected chi connectivity index (χ3v) is 3.25. The normalized spacial score (nSPS) is 20.6. The first-order chi connectivity index (χ1) is 6.54. The smallest absolute Gasteiger partial charge is 0.0745 e. The van der Waals surface area contributed by atoms with Crippen molar-refractivity contribution in [1.82, 2.24) is 0 Å². The van der Waals surface area contributed by atoms with Crippen molar-refractivity contribution < 1.29 is 4.74 Å². The molecule has 0 aromatic carbocycles. The van der Waals surface area contributed by atoms with Gasteiger partial charge in [-0.05, 0) is 17.8 Å². The largest absolute Gasteiger partial charge is 0.376 e. The number of hydrogen-bond donors (Lipinski definition) is 1. The van der Waals surface area contributed by atoms with Gasteiger partial charge < -0.3 is 10.5 Å². The molecule has 14 heavy (non-hydrogen) atoms. The zero-order valence-corrected chi connectivity index (χ0v) is 9.88. The van der Waals surface area contributed by atoms with Crippen LogP contribution in [-0.4, -0.2) is 19.3 Å². The number of ether oxygens (including phenoxy) is 1. The van der Waals surface area contributed by atoms with Crippen LogP contribution in [0.3, 0.4) is 0 Å². The highest BCUT2D eigenvalue weighted by molar-refractivity contribution is 4.76. The van der Waals surface area contributed by atoms with E-state index in [4.69, 9.17) is 10.5 Å². The van der Waals surface area contributed by atoms with Crippen LogP contribution < -0.4 is 5.73 Å². The van der Waals surface area contributed by atoms with Crippen LogP contribution in [0.25, 0.3) is 0 Å². The molecule has 1 rings (SSSR count). The first-order valence-corrected chi connectivity index (χ1v) is 5.85. The van der Waals surface area contributed by atoms with Crippen LogP contribution in [0, 0.1) is 11.3 Å². The predicted molar refractivity (Wildman–Crippen MR) is 60.2 cm³/mol. The van der Waals surface area contributed by atoms with E-state index in [9.17, 15) is 0 Å². The van der Waals surface area contributed by atoms with Gasteiger partial charge in [-0.1, -0.05) is 40.0 Å². The molecule has 0 aliphatic heterocycles. The van der Waals surface area contributed by atoms with E-state index >= 15 is 0 Å². The van der Waals surface area contributed by atoms with Crippen molar-refractivity contribution in [3.05, 3.63) is 0 Å². The molecule has 1 aliphatic rings. The number of rotatable bonds is 5. The Bertz CT molecular complexity index is 158. The standard InChI is InChI=1S/C12H25NO/c1-12(2,3)11(9-13)14-8-7-10-5-4-6-10/h10-11H,4-9,13H2,1-3H3. The maximum atomic E-state index is 5.84. The van der Waals surface area contributed by atoms with Gasteiger partial charge in [0.15, 0.2) is 0 Å². The van der Waals surface area contributed by atoms with Crippen molar-refractivity contribution >= 4 is 0 Å². The van der Waals surface area contributed by atoms with Crippen molar-refractivity contribution in [3.8, 4) is 0 Å². The quantitative estimate of drug-likeness (QED) is 0.738. The predicted octanol–water partition coefficient (Wildman–Crippen LogP) is 2.57. The molecule has 0 spiro atoms. The molecule has 0 bridgehead atoms. The van der Waals surface area contributed by atoms with Crippen LogP contribution in [-0.2, 0) is 4.74 Å². The summed E-state index contributed by atoms with van der Waals surface area (Å²) in [7, 11) is 0. The minimum atomic E-state index is 0.175. The molecule has 1 aliphatic carbocycles. The summed E-state index contributed by atoms with van der Waals surface area (Å²) in [4.78, 5) is 0. The van der Waals surface area contributed by atoms with Crippen molar-refractivity contribution in [2.45, 2.75) is 52.6 Å². The highest BCUT2D eigenvalue weighted by Crippen LogP contribution is 2.30. The van der Waals surface area contributed by atoms with Gasteiger partial charge in [-0.15, -0.1) is 0 Å². The van der Waals surface area contributed by atoms with Crippen LogP contribution in [0.1, 0.15) is 46.5 Å². The zero-order chi connectivity index (χ0) is 10.6. The fraction of sp³-hybridized carbons (Fsp3) is 1.00. The second-order valence-electron chi connectivity index (χ2n) is 5.55. The second kappa shape index (κ2) is 5.13. The van der Waals surface area contributed by atoms with E-state index < -0.39 is 0 Å². The molecule has 1 atom stereocenters. The van der Waals surface area contributed by atoms with E-state index in [1.807, 2.05) is 0 Å². The van der Waals surface area contributed by atoms with Gasteiger partial charge in [0.25, 0.3) is 0 Å². The van der Waals surface area contributed by atoms with Crippen LogP contribution in [0.4, 0.5) is 0 Å². The third kappa shape index (κ3) is 3.58. The summed E-state index contributed by atoms with van der Waals surface area (Å²) in [5.41, 5.74) is 5.87. The van der Waals surface area contributed by atoms with Gasteiger partial charge in [-0.25, -0.2) is 0 Å². The lowest BCUT2D eigenvalue weighted by Crippen LogP contribution is -2.36. The summed E-state index contributed by atoms with van der Waals surface area (Å²) >= 11 is 0. The minimum Gasteiger partial charge on any atom is -0.376 e. The van der Waals surface area contributed by atoms with E-state index in [1.54, 1.807) is 0 Å². The maximum Gasteiger partial charge on any atom is 0.0745 e. The lowest BCUT2D eigenvalue weighted by Gasteiger charge is -2.31. The van der Waals surface area contributed by atoms with Crippen LogP contribution in [0.2, 0.25) is 0 Å². The van der Waals surface area contributed by atoms with Crippen LogP contribution in [0.5, 0.6) is 0 Å². The van der Waals surface area contributed by atoms with E-state index in [-0.39, 0.29) is 11.5 Å². The summed E-state index contributed by atoms with van der Waals surface area (Å²) in [5, 5.41) is 0. The molecule has 0 saturated heterocycles. The fourth-order valence-corrected chi connectivity index (χ4v) is 1.83. The van der Waals surface area contributed by atoms with Crippen molar-refractivity contribution in [3.63, 3.8) is 0 Å². The monoisotopic (exact) mass is 199 g/mol. The van der Waals surface area contributed by atoms with E-state index in [2.05, 4.69) is 20.8 Å². The molecule has 2 nitrogen and oxygen atoms in total. The molecule has 2 N–H and O–H groups in total. The van der Waals surface area contributed by atoms with Gasteiger partial charge in [0, 0.05) is 13.2 Å². The molecule has 2 heteroatoms. The molecule has 0 radical (unpaired) electrons. The Morgan fingerprint density at radius 3 is 2.36 bits per heavy atom. The molecule has 0 heterocycles. The van der Waals surface area contributed by atoms with Gasteiger partial charge in [0.2, 0.25) is 0 Å². The highest BCUT2D eigenvalue weighted by Gasteiger charge is 2.24. The van der Waals surface area contributed by atoms with Gasteiger partial charge in [-0.2, -0.15) is 0 Å². The summed E-state index contributed by atoms with van der Waals surface area (Å²) in [6.45, 7) is 8.09. The van der Waals surface area contributed by atoms with Crippen LogP contribution in [0.15, 0.2) is 0 Å². The molecular formula is C12H25NO. The SMILES string of the molecule is CC(C)(C)C(CN)OCCC1CCC1. The summed E-state index contributed by atoms with van der Waals surface area (Å²) < 4.78 is 5.84. The lowest BCUT2D eigenvalue weighted by atomic mass is 9.83. The first-order valence-electron chi connectivity index (χ1n) is 5.85. The van der Waals surface area contributed by atoms with Crippen molar-refractivity contribution in [2.24, 2.45) is 17.1 Å². The van der Waals surface area contributed by atoms with Crippen LogP contribution >= 0.6 is 0 Å². The van der Waals surface area contributed by atoms with Gasteiger partial charge in [0.05, 0.1) is 6.10 Å². The molecule has 1 unspecified atom stereocenters. The zero-order valence-electron chi connectivity index (χ0n) is 9.88. The second-order valence-corrected chi connectivity index (χ2v) is 5.55. The first kappa shape index (κ1) is 12.0. The molecule has 0 amide bonds. The summed E-state index contributed by atoms with van der Waals surface area (Å²) in [6, 6.07) is 0. The van der Waals surface area contributed by atoms with Crippen molar-refractivity contribution in [1.29, 1.82) is 0 Å². The van der Waals surface area contributed by atoms with Gasteiger partial charge >= 0.3 is 0 Å². The Labute approximate surface area is 88.2 Å². The summed E-state index contributed by atoms with van der Waals surface area (Å²) in [6.07, 6.45) is 5.68. The van der Waals surface area contributed by atoms with E-state index in [0.29, 0.717) is 6.54 Å². The fourth-order valence-electron chi connectivity index (χ4n) is 1.83. The molecule has 1 saturated carbocycles. The Morgan fingerprint density at radius 1 is 1.36 bits per heavy atom. The molecule has 84 valence electrons. The van der Waals surface area contributed by atoms with Crippen molar-refractivity contribution in [2.75, 3.05) is 13.2 Å². The minimum absolute atomic E-state index is 0.175. The Hall–Kier alpha value is -0.0800. The van der Waals surface area contributed by atoms with E-state index in [0.717, 1.165) is 12.5 Å². The number of nitrogens with two attached hydrogens (primary N) is 1. The number of hydrogen-bond acceptors (Lipinski definition) is 2. The third-order valence-electron chi connectivity index (χ3n) is 3.25. The van der Waals surface area contributed by atoms with E-state index in [1.165, 1.54) is 25.7 Å². The Balaban J connectivity index is 2.13. The highest BCUT2D eigenvalue weighted by atomic mass is 16.5. The molecular weight excluding hydrogens is 174 g/mol. The average Bonchev–Trinajstić information content (AvgIpc) is 1.98. The summed E-state index contributed by atoms with van der Waals surface area (Å²) in [5.74, 6) is 0.938.